The minimum absolute atomic E-state index is 0.0877. The second kappa shape index (κ2) is 10.6. The summed E-state index contributed by atoms with van der Waals surface area (Å²) in [6.07, 6.45) is 14.7. The standard InChI is InChI=1S/C32H54O3/c1-8-34-18-19-35-25-14-15-31(6)24(20-25)21-28(33)29-27-13-12-26(23(4)11-9-10-22(2)3)30(27,5)16-17-32(29,31)7/h21-23,25-27,29H,8-20H2,1-7H3/t23-,25+,26-,27+,29-,30-,31+,32+/m1/s1. The van der Waals surface area contributed by atoms with Crippen molar-refractivity contribution in [1.82, 2.24) is 0 Å². The van der Waals surface area contributed by atoms with Crippen LogP contribution in [0.5, 0.6) is 0 Å². The Kier molecular flexibility index (Phi) is 8.29. The molecule has 4 rings (SSSR count). The molecule has 3 saturated carbocycles. The maximum Gasteiger partial charge on any atom is 0.159 e. The van der Waals surface area contributed by atoms with Crippen molar-refractivity contribution >= 4 is 5.78 Å². The summed E-state index contributed by atoms with van der Waals surface area (Å²) in [4.78, 5) is 13.9. The van der Waals surface area contributed by atoms with Crippen molar-refractivity contribution in [2.24, 2.45) is 45.8 Å². The van der Waals surface area contributed by atoms with E-state index >= 15 is 0 Å². The highest BCUT2D eigenvalue weighted by atomic mass is 16.5. The Morgan fingerprint density at radius 1 is 1.00 bits per heavy atom. The van der Waals surface area contributed by atoms with Crippen LogP contribution in [0, 0.1) is 45.8 Å². The smallest absolute Gasteiger partial charge is 0.159 e. The first-order valence-electron chi connectivity index (χ1n) is 15.0. The SMILES string of the molecule is CCOCCO[C@H]1CC[C@@]2(C)C(=CC(=O)[C@H]3[C@@H]4CC[C@H]([C@H](C)CCCC(C)C)[C@@]4(C)CC[C@@]32C)C1. The van der Waals surface area contributed by atoms with Crippen LogP contribution in [0.4, 0.5) is 0 Å². The van der Waals surface area contributed by atoms with E-state index in [1.807, 2.05) is 6.92 Å². The van der Waals surface area contributed by atoms with Gasteiger partial charge in [-0.05, 0) is 97.9 Å². The number of hydrogen-bond acceptors (Lipinski definition) is 3. The van der Waals surface area contributed by atoms with Gasteiger partial charge in [-0.1, -0.05) is 66.4 Å². The third-order valence-corrected chi connectivity index (χ3v) is 11.7. The summed E-state index contributed by atoms with van der Waals surface area (Å²) < 4.78 is 11.6. The molecule has 0 heterocycles. The van der Waals surface area contributed by atoms with Crippen LogP contribution in [0.25, 0.3) is 0 Å². The number of hydrogen-bond donors (Lipinski definition) is 0. The zero-order valence-electron chi connectivity index (χ0n) is 24.0. The molecule has 4 aliphatic rings. The number of carbonyl (C=O) groups excluding carboxylic acids is 1. The van der Waals surface area contributed by atoms with E-state index in [1.165, 1.54) is 50.5 Å². The molecule has 8 atom stereocenters. The van der Waals surface area contributed by atoms with Gasteiger partial charge in [0, 0.05) is 12.5 Å². The molecule has 0 N–H and O–H groups in total. The predicted octanol–water partition coefficient (Wildman–Crippen LogP) is 8.02. The fourth-order valence-electron chi connectivity index (χ4n) is 9.33. The second-order valence-electron chi connectivity index (χ2n) is 13.8. The number of ketones is 1. The van der Waals surface area contributed by atoms with Gasteiger partial charge in [0.15, 0.2) is 5.78 Å². The van der Waals surface area contributed by atoms with Crippen LogP contribution in [0.15, 0.2) is 11.6 Å². The molecule has 3 nitrogen and oxygen atoms in total. The lowest BCUT2D eigenvalue weighted by molar-refractivity contribution is -0.153. The van der Waals surface area contributed by atoms with Crippen LogP contribution < -0.4 is 0 Å². The van der Waals surface area contributed by atoms with Crippen LogP contribution in [-0.4, -0.2) is 31.7 Å². The normalized spacial score (nSPS) is 41.8. The van der Waals surface area contributed by atoms with E-state index in [1.54, 1.807) is 0 Å². The third-order valence-electron chi connectivity index (χ3n) is 11.7. The van der Waals surface area contributed by atoms with Crippen molar-refractivity contribution in [3.05, 3.63) is 11.6 Å². The average molecular weight is 487 g/mol. The van der Waals surface area contributed by atoms with Gasteiger partial charge in [-0.3, -0.25) is 4.79 Å². The number of carbonyl (C=O) groups is 1. The summed E-state index contributed by atoms with van der Waals surface area (Å²) in [5, 5.41) is 0. The molecule has 35 heavy (non-hydrogen) atoms. The zero-order chi connectivity index (χ0) is 25.4. The summed E-state index contributed by atoms with van der Waals surface area (Å²) >= 11 is 0. The minimum atomic E-state index is 0.0877. The van der Waals surface area contributed by atoms with Crippen molar-refractivity contribution in [2.45, 2.75) is 119 Å². The Bertz CT molecular complexity index is 786. The van der Waals surface area contributed by atoms with Gasteiger partial charge in [-0.25, -0.2) is 0 Å². The molecule has 0 unspecified atom stereocenters. The Balaban J connectivity index is 1.50. The highest BCUT2D eigenvalue weighted by Crippen LogP contribution is 2.71. The molecule has 0 aromatic heterocycles. The molecule has 0 radical (unpaired) electrons. The van der Waals surface area contributed by atoms with Gasteiger partial charge in [0.25, 0.3) is 0 Å². The zero-order valence-corrected chi connectivity index (χ0v) is 24.0. The fourth-order valence-corrected chi connectivity index (χ4v) is 9.33. The number of ether oxygens (including phenoxy) is 2. The van der Waals surface area contributed by atoms with E-state index in [0.717, 1.165) is 43.6 Å². The number of allylic oxidation sites excluding steroid dienone is 1. The lowest BCUT2D eigenvalue weighted by Gasteiger charge is -2.63. The molecule has 0 saturated heterocycles. The molecular weight excluding hydrogens is 432 g/mol. The monoisotopic (exact) mass is 486 g/mol. The molecule has 200 valence electrons. The van der Waals surface area contributed by atoms with Crippen molar-refractivity contribution in [1.29, 1.82) is 0 Å². The van der Waals surface area contributed by atoms with Crippen molar-refractivity contribution in [2.75, 3.05) is 19.8 Å². The molecular formula is C32H54O3. The maximum atomic E-state index is 13.9. The van der Waals surface area contributed by atoms with Crippen molar-refractivity contribution in [3.8, 4) is 0 Å². The molecule has 0 aliphatic heterocycles. The molecule has 0 amide bonds. The third kappa shape index (κ3) is 4.83. The van der Waals surface area contributed by atoms with Crippen LogP contribution in [0.2, 0.25) is 0 Å². The van der Waals surface area contributed by atoms with Crippen LogP contribution >= 0.6 is 0 Å². The number of fused-ring (bicyclic) bond motifs is 5. The fraction of sp³-hybridized carbons (Fsp3) is 0.906. The first kappa shape index (κ1) is 27.4. The van der Waals surface area contributed by atoms with E-state index in [2.05, 4.69) is 47.6 Å². The summed E-state index contributed by atoms with van der Waals surface area (Å²) in [5.41, 5.74) is 1.94. The first-order valence-corrected chi connectivity index (χ1v) is 15.0. The van der Waals surface area contributed by atoms with Gasteiger partial charge < -0.3 is 9.47 Å². The van der Waals surface area contributed by atoms with Crippen LogP contribution in [0.3, 0.4) is 0 Å². The van der Waals surface area contributed by atoms with E-state index in [4.69, 9.17) is 9.47 Å². The maximum absolute atomic E-state index is 13.9. The number of rotatable bonds is 10. The molecule has 0 bridgehead atoms. The van der Waals surface area contributed by atoms with Crippen LogP contribution in [0.1, 0.15) is 113 Å². The Labute approximate surface area is 216 Å². The van der Waals surface area contributed by atoms with Gasteiger partial charge >= 0.3 is 0 Å². The largest absolute Gasteiger partial charge is 0.379 e. The molecule has 0 spiro atoms. The lowest BCUT2D eigenvalue weighted by Crippen LogP contribution is -2.59. The summed E-state index contributed by atoms with van der Waals surface area (Å²) in [7, 11) is 0. The summed E-state index contributed by atoms with van der Waals surface area (Å²) in [6, 6.07) is 0. The van der Waals surface area contributed by atoms with E-state index in [-0.39, 0.29) is 22.9 Å². The second-order valence-corrected chi connectivity index (χ2v) is 13.8. The first-order chi connectivity index (χ1) is 16.6. The van der Waals surface area contributed by atoms with Gasteiger partial charge in [0.05, 0.1) is 19.3 Å². The van der Waals surface area contributed by atoms with E-state index < -0.39 is 0 Å². The van der Waals surface area contributed by atoms with Crippen LogP contribution in [-0.2, 0) is 14.3 Å². The predicted molar refractivity (Wildman–Crippen MR) is 144 cm³/mol. The topological polar surface area (TPSA) is 35.5 Å². The highest BCUT2D eigenvalue weighted by molar-refractivity contribution is 5.95. The van der Waals surface area contributed by atoms with Crippen molar-refractivity contribution < 1.29 is 14.3 Å². The Hall–Kier alpha value is -0.670. The van der Waals surface area contributed by atoms with E-state index in [0.29, 0.717) is 30.3 Å². The van der Waals surface area contributed by atoms with Gasteiger partial charge in [-0.15, -0.1) is 0 Å². The molecule has 0 aromatic rings. The highest BCUT2D eigenvalue weighted by Gasteiger charge is 2.66. The van der Waals surface area contributed by atoms with Gasteiger partial charge in [0.2, 0.25) is 0 Å². The Morgan fingerprint density at radius 2 is 1.77 bits per heavy atom. The quantitative estimate of drug-likeness (QED) is 0.293. The summed E-state index contributed by atoms with van der Waals surface area (Å²) in [6.45, 7) is 18.9. The Morgan fingerprint density at radius 3 is 2.49 bits per heavy atom. The molecule has 0 aromatic carbocycles. The van der Waals surface area contributed by atoms with Gasteiger partial charge in [-0.2, -0.15) is 0 Å². The average Bonchev–Trinajstić information content (AvgIpc) is 3.15. The molecule has 3 heteroatoms. The molecule has 3 fully saturated rings. The minimum Gasteiger partial charge on any atom is -0.379 e. The molecule has 4 aliphatic carbocycles. The summed E-state index contributed by atoms with van der Waals surface area (Å²) in [5.74, 6) is 3.57. The van der Waals surface area contributed by atoms with Gasteiger partial charge in [0.1, 0.15) is 0 Å². The van der Waals surface area contributed by atoms with Crippen molar-refractivity contribution in [3.63, 3.8) is 0 Å². The van der Waals surface area contributed by atoms with E-state index in [9.17, 15) is 4.79 Å². The lowest BCUT2D eigenvalue weighted by atomic mass is 9.40.